The van der Waals surface area contributed by atoms with Gasteiger partial charge in [0.25, 0.3) is 0 Å². The van der Waals surface area contributed by atoms with Gasteiger partial charge in [0, 0.05) is 87.3 Å². The van der Waals surface area contributed by atoms with Crippen LogP contribution in [0.3, 0.4) is 0 Å². The van der Waals surface area contributed by atoms with Crippen LogP contribution in [0.15, 0.2) is 329 Å². The third kappa shape index (κ3) is 10.3. The lowest BCUT2D eigenvalue weighted by Crippen LogP contribution is -2.09. The van der Waals surface area contributed by atoms with Gasteiger partial charge in [0.2, 0.25) is 11.8 Å². The highest BCUT2D eigenvalue weighted by atomic mass is 32.1. The molecule has 0 fully saturated rings. The zero-order chi connectivity index (χ0) is 65.8. The predicted octanol–water partition coefficient (Wildman–Crippen LogP) is 26.1. The van der Waals surface area contributed by atoms with E-state index in [0.29, 0.717) is 22.9 Å². The average Bonchev–Trinajstić information content (AvgIpc) is 1.61. The fraction of sp³-hybridized carbons (Fsp3) is 0. The van der Waals surface area contributed by atoms with E-state index in [-0.39, 0.29) is 0 Å². The van der Waals surface area contributed by atoms with Gasteiger partial charge in [0.15, 0.2) is 11.2 Å². The molecule has 0 radical (unpaired) electrons. The Morgan fingerprint density at radius 3 is 1.19 bits per heavy atom. The van der Waals surface area contributed by atoms with Crippen LogP contribution < -0.4 is 9.80 Å². The maximum absolute atomic E-state index is 6.48. The number of benzene rings is 14. The third-order valence-electron chi connectivity index (χ3n) is 18.8. The largest absolute Gasteiger partial charge is 0.456 e. The van der Waals surface area contributed by atoms with E-state index in [0.717, 1.165) is 153 Å². The molecule has 0 saturated carbocycles. The van der Waals surface area contributed by atoms with Gasteiger partial charge in [-0.2, -0.15) is 0 Å². The van der Waals surface area contributed by atoms with Crippen LogP contribution in [0.5, 0.6) is 0 Å². The number of fused-ring (bicyclic) bond motifs is 10. The summed E-state index contributed by atoms with van der Waals surface area (Å²) in [5.74, 6) is 1.03. The fourth-order valence-electron chi connectivity index (χ4n) is 13.8. The highest BCUT2D eigenvalue weighted by Crippen LogP contribution is 2.45. The second kappa shape index (κ2) is 23.6. The molecule has 0 amide bonds. The number of thiophene rings is 1. The van der Waals surface area contributed by atoms with Gasteiger partial charge in [-0.15, -0.1) is 34.0 Å². The van der Waals surface area contributed by atoms with Gasteiger partial charge in [-0.1, -0.05) is 146 Å². The van der Waals surface area contributed by atoms with E-state index >= 15 is 0 Å². The molecular formula is C88H52N6O3S3. The summed E-state index contributed by atoms with van der Waals surface area (Å²) in [6, 6.07) is 111. The smallest absolute Gasteiger partial charge is 0.227 e. The molecule has 20 rings (SSSR count). The number of nitrogens with zero attached hydrogens (tertiary/aromatic N) is 6. The normalized spacial score (nSPS) is 11.8. The quantitative estimate of drug-likeness (QED) is 0.112. The molecule has 12 heteroatoms. The number of furan rings is 1. The van der Waals surface area contributed by atoms with E-state index in [1.165, 1.54) is 20.2 Å². The Morgan fingerprint density at radius 1 is 0.210 bits per heavy atom. The monoisotopic (exact) mass is 1340 g/mol. The van der Waals surface area contributed by atoms with Crippen molar-refractivity contribution in [1.82, 2.24) is 19.9 Å². The van der Waals surface area contributed by atoms with Gasteiger partial charge in [-0.3, -0.25) is 0 Å². The number of oxazole rings is 2. The lowest BCUT2D eigenvalue weighted by atomic mass is 10.0. The summed E-state index contributed by atoms with van der Waals surface area (Å²) in [4.78, 5) is 24.7. The van der Waals surface area contributed by atoms with Crippen LogP contribution in [-0.4, -0.2) is 19.9 Å². The Kier molecular flexibility index (Phi) is 13.6. The van der Waals surface area contributed by atoms with Crippen molar-refractivity contribution in [2.45, 2.75) is 0 Å². The molecular weight excluding hydrogens is 1290 g/mol. The summed E-state index contributed by atoms with van der Waals surface area (Å²) in [5, 5.41) is 6.64. The first-order chi connectivity index (χ1) is 49.4. The number of para-hydroxylation sites is 4. The molecule has 0 aliphatic rings. The van der Waals surface area contributed by atoms with Crippen molar-refractivity contribution in [2.24, 2.45) is 0 Å². The first-order valence-electron chi connectivity index (χ1n) is 33.0. The first-order valence-corrected chi connectivity index (χ1v) is 35.5. The maximum Gasteiger partial charge on any atom is 0.227 e. The van der Waals surface area contributed by atoms with Crippen molar-refractivity contribution in [3.63, 3.8) is 0 Å². The molecule has 0 spiro atoms. The molecule has 9 nitrogen and oxygen atoms in total. The molecule has 0 atom stereocenters. The summed E-state index contributed by atoms with van der Waals surface area (Å²) >= 11 is 5.30. The van der Waals surface area contributed by atoms with Crippen molar-refractivity contribution >= 4 is 153 Å². The zero-order valence-corrected chi connectivity index (χ0v) is 55.6. The molecule has 20 aromatic rings. The molecule has 0 bridgehead atoms. The summed E-state index contributed by atoms with van der Waals surface area (Å²) in [7, 11) is 0. The number of aromatic nitrogens is 4. The SMILES string of the molecule is c1ccc(N(c2ccccc2)c2ccc(-c3ccc4nc(-c5ccc6nc(-c7ccc8c(c7)sc7cc(-c9cccc(N(c%10ccccc%10)c%10ccc(-c%11ccc%12nc(-c%13ccc%14nc(-c%15ccc%16c(c%15)oc%15ccccc%15%16)oc%14c%13)oc%12c%11)cc%10)c9)ccc78)sc6c5)sc4c3)cc2)cc1. The Hall–Kier alpha value is -12.6. The summed E-state index contributed by atoms with van der Waals surface area (Å²) < 4.78 is 23.8. The second-order valence-electron chi connectivity index (χ2n) is 25.0. The van der Waals surface area contributed by atoms with Gasteiger partial charge < -0.3 is 23.1 Å². The molecule has 0 N–H and O–H groups in total. The highest BCUT2D eigenvalue weighted by molar-refractivity contribution is 7.26. The zero-order valence-electron chi connectivity index (χ0n) is 53.2. The number of rotatable bonds is 13. The predicted molar refractivity (Wildman–Crippen MR) is 416 cm³/mol. The molecule has 6 heterocycles. The summed E-state index contributed by atoms with van der Waals surface area (Å²) in [6.45, 7) is 0. The highest BCUT2D eigenvalue weighted by Gasteiger charge is 2.21. The minimum Gasteiger partial charge on any atom is -0.456 e. The van der Waals surface area contributed by atoms with Gasteiger partial charge >= 0.3 is 0 Å². The van der Waals surface area contributed by atoms with Crippen molar-refractivity contribution in [3.8, 4) is 77.4 Å². The lowest BCUT2D eigenvalue weighted by molar-refractivity contribution is 0.613. The minimum absolute atomic E-state index is 0.508. The third-order valence-corrected chi connectivity index (χ3v) is 22.0. The van der Waals surface area contributed by atoms with Gasteiger partial charge in [0.05, 0.1) is 20.4 Å². The van der Waals surface area contributed by atoms with Crippen LogP contribution >= 0.6 is 34.0 Å². The summed E-state index contributed by atoms with van der Waals surface area (Å²) in [6.07, 6.45) is 0. The molecule has 0 unspecified atom stereocenters. The lowest BCUT2D eigenvalue weighted by Gasteiger charge is -2.26. The van der Waals surface area contributed by atoms with Gasteiger partial charge in [-0.25, -0.2) is 19.9 Å². The van der Waals surface area contributed by atoms with Gasteiger partial charge in [-0.05, 0) is 203 Å². The molecule has 470 valence electrons. The van der Waals surface area contributed by atoms with Crippen LogP contribution in [0.4, 0.5) is 34.1 Å². The van der Waals surface area contributed by atoms with Gasteiger partial charge in [0.1, 0.15) is 32.2 Å². The number of anilines is 6. The molecule has 100 heavy (non-hydrogen) atoms. The Bertz CT molecular complexity index is 6510. The van der Waals surface area contributed by atoms with E-state index < -0.39 is 0 Å². The van der Waals surface area contributed by atoms with E-state index in [1.54, 1.807) is 22.7 Å². The summed E-state index contributed by atoms with van der Waals surface area (Å²) in [5.41, 5.74) is 23.5. The topological polar surface area (TPSA) is 97.5 Å². The average molecular weight is 1340 g/mol. The Balaban J connectivity index is 0.536. The second-order valence-corrected chi connectivity index (χ2v) is 28.1. The molecule has 0 saturated heterocycles. The number of hydrogen-bond acceptors (Lipinski definition) is 12. The van der Waals surface area contributed by atoms with Crippen molar-refractivity contribution in [3.05, 3.63) is 315 Å². The molecule has 0 aliphatic heterocycles. The van der Waals surface area contributed by atoms with Crippen LogP contribution in [0.25, 0.3) is 162 Å². The van der Waals surface area contributed by atoms with Crippen molar-refractivity contribution in [1.29, 1.82) is 0 Å². The van der Waals surface area contributed by atoms with Crippen molar-refractivity contribution < 1.29 is 13.3 Å². The molecule has 14 aromatic carbocycles. The Morgan fingerprint density at radius 2 is 0.590 bits per heavy atom. The van der Waals surface area contributed by atoms with E-state index in [4.69, 9.17) is 33.2 Å². The van der Waals surface area contributed by atoms with E-state index in [2.05, 4.69) is 271 Å². The standard InChI is InChI=1S/C88H52N6O3S3/c1-4-14-63(15-5-1)93(64-16-6-2-7-17-64)66-34-25-54(26-35-66)57-31-43-75-83(50-57)99-88(91-75)62-33-44-76-84(52-62)100-87(92-76)61-29-40-72-71-39-27-58(49-81(71)98-82(72)51-61)55-13-12-20-68(45-55)94(65-18-8-3-9-19-65)67-36-23-53(24-37-67)56-30-41-73-79(46-56)96-86(89-73)60-32-42-74-80(48-60)97-85(90-74)59-28-38-70-69-21-10-11-22-77(69)95-78(70)47-59/h1-52H. The Labute approximate surface area is 584 Å². The molecule has 6 aromatic heterocycles. The van der Waals surface area contributed by atoms with Crippen LogP contribution in [0.2, 0.25) is 0 Å². The number of thiazole rings is 2. The first kappa shape index (κ1) is 57.6. The minimum atomic E-state index is 0.508. The molecule has 0 aliphatic carbocycles. The van der Waals surface area contributed by atoms with Crippen molar-refractivity contribution in [2.75, 3.05) is 9.80 Å². The van der Waals surface area contributed by atoms with E-state index in [1.807, 2.05) is 65.9 Å². The van der Waals surface area contributed by atoms with Crippen LogP contribution in [0.1, 0.15) is 0 Å². The van der Waals surface area contributed by atoms with Crippen LogP contribution in [-0.2, 0) is 0 Å². The number of hydrogen-bond donors (Lipinski definition) is 0. The maximum atomic E-state index is 6.48. The fourth-order valence-corrected chi connectivity index (χ4v) is 17.0. The van der Waals surface area contributed by atoms with Crippen LogP contribution in [0, 0.1) is 0 Å². The van der Waals surface area contributed by atoms with E-state index in [9.17, 15) is 0 Å².